The number of para-hydroxylation sites is 1. The van der Waals surface area contributed by atoms with E-state index in [9.17, 15) is 14.4 Å². The second kappa shape index (κ2) is 9.80. The zero-order valence-electron chi connectivity index (χ0n) is 17.4. The van der Waals surface area contributed by atoms with Crippen molar-refractivity contribution in [3.05, 3.63) is 102 Å². The van der Waals surface area contributed by atoms with E-state index in [0.717, 1.165) is 0 Å². The summed E-state index contributed by atoms with van der Waals surface area (Å²) in [5.74, 6) is -1.38. The van der Waals surface area contributed by atoms with Crippen LogP contribution < -0.4 is 16.4 Å². The van der Waals surface area contributed by atoms with E-state index in [0.29, 0.717) is 23.1 Å². The monoisotopic (exact) mass is 428 g/mol. The number of hydrogen-bond donors (Lipinski definition) is 3. The van der Waals surface area contributed by atoms with Crippen LogP contribution >= 0.6 is 0 Å². The first-order valence-corrected chi connectivity index (χ1v) is 10.0. The standard InChI is InChI=1S/C25H24N4O3/c26-16-22(31)29(21-12-5-2-6-13-21)25(17-30,15-18-8-3-1-4-9-18)23(32)19-10-7-11-20(14-19)24(27)28/h1-14,17H,15-16,26H2,(H3,27,28)/t25-/m1/s1. The predicted octanol–water partition coefficient (Wildman–Crippen LogP) is 2.33. The number of ketones is 1. The van der Waals surface area contributed by atoms with Crippen molar-refractivity contribution in [1.29, 1.82) is 5.41 Å². The molecule has 0 heterocycles. The lowest BCUT2D eigenvalue weighted by Crippen LogP contribution is -2.61. The fourth-order valence-corrected chi connectivity index (χ4v) is 3.66. The molecular formula is C25H24N4O3. The Bertz CT molecular complexity index is 1130. The number of rotatable bonds is 9. The van der Waals surface area contributed by atoms with Crippen molar-refractivity contribution < 1.29 is 14.4 Å². The highest BCUT2D eigenvalue weighted by molar-refractivity contribution is 6.20. The molecule has 3 aromatic carbocycles. The summed E-state index contributed by atoms with van der Waals surface area (Å²) >= 11 is 0. The smallest absolute Gasteiger partial charge is 0.241 e. The second-order valence-electron chi connectivity index (χ2n) is 7.30. The average Bonchev–Trinajstić information content (AvgIpc) is 2.84. The summed E-state index contributed by atoms with van der Waals surface area (Å²) in [6, 6.07) is 23.6. The van der Waals surface area contributed by atoms with Crippen molar-refractivity contribution in [2.45, 2.75) is 12.0 Å². The van der Waals surface area contributed by atoms with E-state index in [1.807, 2.05) is 6.07 Å². The van der Waals surface area contributed by atoms with Crippen LogP contribution in [0.15, 0.2) is 84.9 Å². The van der Waals surface area contributed by atoms with Gasteiger partial charge < -0.3 is 16.3 Å². The first-order chi connectivity index (χ1) is 15.4. The van der Waals surface area contributed by atoms with Crippen LogP contribution in [-0.4, -0.2) is 35.9 Å². The molecule has 5 N–H and O–H groups in total. The quantitative estimate of drug-likeness (QED) is 0.158. The number of Topliss-reactive ketones (excluding diaryl/α,β-unsaturated/α-hetero) is 1. The van der Waals surface area contributed by atoms with Crippen LogP contribution in [0.4, 0.5) is 5.69 Å². The minimum atomic E-state index is -1.89. The summed E-state index contributed by atoms with van der Waals surface area (Å²) in [5, 5.41) is 7.69. The molecular weight excluding hydrogens is 404 g/mol. The number of carbonyl (C=O) groups is 3. The maximum Gasteiger partial charge on any atom is 0.241 e. The molecule has 0 radical (unpaired) electrons. The molecule has 0 spiro atoms. The predicted molar refractivity (Wildman–Crippen MR) is 124 cm³/mol. The zero-order chi connectivity index (χ0) is 23.1. The van der Waals surface area contributed by atoms with Crippen LogP contribution in [-0.2, 0) is 16.0 Å². The van der Waals surface area contributed by atoms with E-state index < -0.39 is 17.2 Å². The molecule has 0 bridgehead atoms. The van der Waals surface area contributed by atoms with Gasteiger partial charge in [0.25, 0.3) is 0 Å². The third-order valence-electron chi connectivity index (χ3n) is 5.18. The van der Waals surface area contributed by atoms with Crippen LogP contribution in [0.3, 0.4) is 0 Å². The van der Waals surface area contributed by atoms with Crippen LogP contribution in [0.25, 0.3) is 0 Å². The van der Waals surface area contributed by atoms with Crippen molar-refractivity contribution in [2.24, 2.45) is 11.5 Å². The van der Waals surface area contributed by atoms with E-state index in [2.05, 4.69) is 0 Å². The second-order valence-corrected chi connectivity index (χ2v) is 7.30. The molecule has 7 heteroatoms. The Balaban J connectivity index is 2.25. The number of carbonyl (C=O) groups excluding carboxylic acids is 3. The number of nitrogens with one attached hydrogen (secondary N) is 1. The average molecular weight is 428 g/mol. The Kier molecular flexibility index (Phi) is 6.92. The molecule has 1 atom stereocenters. The highest BCUT2D eigenvalue weighted by atomic mass is 16.2. The molecule has 0 aliphatic rings. The minimum Gasteiger partial charge on any atom is -0.384 e. The lowest BCUT2D eigenvalue weighted by atomic mass is 9.82. The molecule has 0 aromatic heterocycles. The molecule has 3 aromatic rings. The Hall–Kier alpha value is -4.10. The Morgan fingerprint density at radius 1 is 0.906 bits per heavy atom. The Labute approximate surface area is 186 Å². The lowest BCUT2D eigenvalue weighted by molar-refractivity contribution is -0.121. The largest absolute Gasteiger partial charge is 0.384 e. The third kappa shape index (κ3) is 4.48. The molecule has 0 fully saturated rings. The number of amides is 1. The van der Waals surface area contributed by atoms with Crippen LogP contribution in [0.5, 0.6) is 0 Å². The first kappa shape index (κ1) is 22.6. The molecule has 0 aliphatic heterocycles. The molecule has 0 unspecified atom stereocenters. The van der Waals surface area contributed by atoms with Crippen molar-refractivity contribution in [3.8, 4) is 0 Å². The topological polar surface area (TPSA) is 130 Å². The minimum absolute atomic E-state index is 0.0545. The number of nitrogens with zero attached hydrogens (tertiary/aromatic N) is 1. The summed E-state index contributed by atoms with van der Waals surface area (Å²) in [7, 11) is 0. The normalized spacial score (nSPS) is 12.4. The van der Waals surface area contributed by atoms with E-state index in [4.69, 9.17) is 16.9 Å². The number of anilines is 1. The van der Waals surface area contributed by atoms with Crippen molar-refractivity contribution in [2.75, 3.05) is 11.4 Å². The Morgan fingerprint density at radius 2 is 1.50 bits per heavy atom. The van der Waals surface area contributed by atoms with Gasteiger partial charge in [0.1, 0.15) is 5.84 Å². The molecule has 162 valence electrons. The fourth-order valence-electron chi connectivity index (χ4n) is 3.66. The van der Waals surface area contributed by atoms with Gasteiger partial charge in [0.15, 0.2) is 17.6 Å². The number of hydrogen-bond acceptors (Lipinski definition) is 5. The van der Waals surface area contributed by atoms with Crippen LogP contribution in [0.2, 0.25) is 0 Å². The lowest BCUT2D eigenvalue weighted by Gasteiger charge is -2.39. The molecule has 32 heavy (non-hydrogen) atoms. The van der Waals surface area contributed by atoms with Crippen molar-refractivity contribution >= 4 is 29.5 Å². The van der Waals surface area contributed by atoms with Crippen LogP contribution in [0, 0.1) is 5.41 Å². The number of amidine groups is 1. The molecule has 0 saturated heterocycles. The van der Waals surface area contributed by atoms with Crippen LogP contribution in [0.1, 0.15) is 21.5 Å². The molecule has 1 amide bonds. The van der Waals surface area contributed by atoms with Gasteiger partial charge in [-0.25, -0.2) is 0 Å². The molecule has 0 aliphatic carbocycles. The van der Waals surface area contributed by atoms with Gasteiger partial charge in [0.2, 0.25) is 5.91 Å². The summed E-state index contributed by atoms with van der Waals surface area (Å²) in [4.78, 5) is 40.9. The summed E-state index contributed by atoms with van der Waals surface area (Å²) in [5.41, 5.74) is 11.0. The summed E-state index contributed by atoms with van der Waals surface area (Å²) in [6.45, 7) is -0.389. The van der Waals surface area contributed by atoms with Crippen molar-refractivity contribution in [3.63, 3.8) is 0 Å². The van der Waals surface area contributed by atoms with E-state index in [1.54, 1.807) is 66.7 Å². The maximum atomic E-state index is 13.9. The number of nitrogen functional groups attached to an aromatic ring is 1. The highest BCUT2D eigenvalue weighted by Gasteiger charge is 2.47. The van der Waals surface area contributed by atoms with Gasteiger partial charge in [-0.15, -0.1) is 0 Å². The van der Waals surface area contributed by atoms with Gasteiger partial charge in [0.05, 0.1) is 6.54 Å². The zero-order valence-corrected chi connectivity index (χ0v) is 17.4. The summed E-state index contributed by atoms with van der Waals surface area (Å²) in [6.07, 6.45) is 0.449. The molecule has 0 saturated carbocycles. The van der Waals surface area contributed by atoms with E-state index in [1.165, 1.54) is 17.0 Å². The van der Waals surface area contributed by atoms with Gasteiger partial charge >= 0.3 is 0 Å². The maximum absolute atomic E-state index is 13.9. The number of benzene rings is 3. The highest BCUT2D eigenvalue weighted by Crippen LogP contribution is 2.30. The van der Waals surface area contributed by atoms with Gasteiger partial charge in [-0.05, 0) is 23.8 Å². The van der Waals surface area contributed by atoms with Gasteiger partial charge in [-0.3, -0.25) is 19.9 Å². The van der Waals surface area contributed by atoms with E-state index >= 15 is 0 Å². The third-order valence-corrected chi connectivity index (χ3v) is 5.18. The number of aldehydes is 1. The fraction of sp³-hybridized carbons (Fsp3) is 0.120. The Morgan fingerprint density at radius 3 is 2.06 bits per heavy atom. The first-order valence-electron chi connectivity index (χ1n) is 10.0. The molecule has 7 nitrogen and oxygen atoms in total. The summed E-state index contributed by atoms with van der Waals surface area (Å²) < 4.78 is 0. The van der Waals surface area contributed by atoms with E-state index in [-0.39, 0.29) is 24.4 Å². The van der Waals surface area contributed by atoms with Gasteiger partial charge in [-0.2, -0.15) is 0 Å². The van der Waals surface area contributed by atoms with Gasteiger partial charge in [0, 0.05) is 23.2 Å². The van der Waals surface area contributed by atoms with Gasteiger partial charge in [-0.1, -0.05) is 66.7 Å². The molecule has 3 rings (SSSR count). The number of nitrogens with two attached hydrogens (primary N) is 2. The SMILES string of the molecule is N=C(N)c1cccc(C(=O)[C@](C=O)(Cc2ccccc2)N(C(=O)CN)c2ccccc2)c1. The van der Waals surface area contributed by atoms with Crippen molar-refractivity contribution in [1.82, 2.24) is 0 Å².